The van der Waals surface area contributed by atoms with Crippen molar-refractivity contribution in [3.8, 4) is 0 Å². The molecule has 7 heteroatoms. The van der Waals surface area contributed by atoms with Crippen LogP contribution >= 0.6 is 23.2 Å². The highest BCUT2D eigenvalue weighted by Gasteiger charge is 2.29. The van der Waals surface area contributed by atoms with E-state index in [1.165, 1.54) is 0 Å². The molecule has 0 spiro atoms. The van der Waals surface area contributed by atoms with Gasteiger partial charge in [0.15, 0.2) is 0 Å². The first-order chi connectivity index (χ1) is 11.9. The number of hydrogen-bond acceptors (Lipinski definition) is 3. The topological polar surface area (TPSA) is 66.8 Å². The van der Waals surface area contributed by atoms with E-state index in [9.17, 15) is 9.59 Å². The summed E-state index contributed by atoms with van der Waals surface area (Å²) in [5.41, 5.74) is 0.858. The Kier molecular flexibility index (Phi) is 7.54. The van der Waals surface area contributed by atoms with E-state index >= 15 is 0 Å². The lowest BCUT2D eigenvalue weighted by molar-refractivity contribution is -0.142. The van der Waals surface area contributed by atoms with E-state index in [4.69, 9.17) is 33.0 Å². The largest absolute Gasteiger partial charge is 0.481 e. The van der Waals surface area contributed by atoms with Crippen molar-refractivity contribution >= 4 is 35.1 Å². The van der Waals surface area contributed by atoms with E-state index in [0.29, 0.717) is 29.7 Å². The normalized spacial score (nSPS) is 16.4. The number of amides is 1. The standard InChI is InChI=1S/C18H23Cl2NO4/c1-12(10-13-2-3-14(19)11-16(13)20)18(24)21(7-4-17(22)23)15-5-8-25-9-6-15/h2-3,11-12,15H,4-10H2,1H3,(H,22,23). The highest BCUT2D eigenvalue weighted by Crippen LogP contribution is 2.25. The average molecular weight is 388 g/mol. The number of ether oxygens (including phenoxy) is 1. The first-order valence-electron chi connectivity index (χ1n) is 8.42. The van der Waals surface area contributed by atoms with E-state index in [-0.39, 0.29) is 30.8 Å². The van der Waals surface area contributed by atoms with Gasteiger partial charge >= 0.3 is 5.97 Å². The van der Waals surface area contributed by atoms with E-state index in [2.05, 4.69) is 0 Å². The van der Waals surface area contributed by atoms with Crippen molar-refractivity contribution in [3.05, 3.63) is 33.8 Å². The Labute approximate surface area is 157 Å². The summed E-state index contributed by atoms with van der Waals surface area (Å²) in [6.07, 6.45) is 1.90. The van der Waals surface area contributed by atoms with Gasteiger partial charge in [-0.3, -0.25) is 9.59 Å². The second-order valence-electron chi connectivity index (χ2n) is 6.36. The smallest absolute Gasteiger partial charge is 0.305 e. The highest BCUT2D eigenvalue weighted by atomic mass is 35.5. The van der Waals surface area contributed by atoms with Gasteiger partial charge < -0.3 is 14.7 Å². The lowest BCUT2D eigenvalue weighted by atomic mass is 9.97. The zero-order valence-electron chi connectivity index (χ0n) is 14.2. The van der Waals surface area contributed by atoms with Crippen LogP contribution in [0.5, 0.6) is 0 Å². The van der Waals surface area contributed by atoms with Crippen molar-refractivity contribution in [3.63, 3.8) is 0 Å². The highest BCUT2D eigenvalue weighted by molar-refractivity contribution is 6.35. The van der Waals surface area contributed by atoms with Crippen LogP contribution in [-0.2, 0) is 20.7 Å². The molecule has 1 saturated heterocycles. The number of carbonyl (C=O) groups excluding carboxylic acids is 1. The minimum atomic E-state index is -0.904. The molecule has 1 aliphatic heterocycles. The molecule has 5 nitrogen and oxygen atoms in total. The monoisotopic (exact) mass is 387 g/mol. The number of benzene rings is 1. The third kappa shape index (κ3) is 5.87. The lowest BCUT2D eigenvalue weighted by Crippen LogP contribution is -2.46. The van der Waals surface area contributed by atoms with Gasteiger partial charge in [0.2, 0.25) is 5.91 Å². The molecule has 2 rings (SSSR count). The van der Waals surface area contributed by atoms with Crippen LogP contribution < -0.4 is 0 Å². The summed E-state index contributed by atoms with van der Waals surface area (Å²) in [7, 11) is 0. The Bertz CT molecular complexity index is 617. The number of hydrogen-bond donors (Lipinski definition) is 1. The van der Waals surface area contributed by atoms with Crippen molar-refractivity contribution in [2.75, 3.05) is 19.8 Å². The molecule has 1 aliphatic rings. The van der Waals surface area contributed by atoms with Crippen LogP contribution in [0.2, 0.25) is 10.0 Å². The van der Waals surface area contributed by atoms with Crippen molar-refractivity contribution in [1.82, 2.24) is 4.90 Å². The SMILES string of the molecule is CC(Cc1ccc(Cl)cc1Cl)C(=O)N(CCC(=O)O)C1CCOCC1. The first kappa shape index (κ1) is 20.0. The summed E-state index contributed by atoms with van der Waals surface area (Å²) < 4.78 is 5.35. The van der Waals surface area contributed by atoms with Gasteiger partial charge in [0.05, 0.1) is 6.42 Å². The summed E-state index contributed by atoms with van der Waals surface area (Å²) in [6, 6.07) is 5.27. The molecule has 1 aromatic rings. The number of nitrogens with zero attached hydrogens (tertiary/aromatic N) is 1. The Balaban J connectivity index is 2.08. The maximum Gasteiger partial charge on any atom is 0.305 e. The third-order valence-corrected chi connectivity index (χ3v) is 5.03. The molecule has 1 unspecified atom stereocenters. The molecule has 1 heterocycles. The van der Waals surface area contributed by atoms with Crippen LogP contribution in [0.1, 0.15) is 31.7 Å². The molecule has 1 aromatic carbocycles. The van der Waals surface area contributed by atoms with Gasteiger partial charge in [0.25, 0.3) is 0 Å². The zero-order chi connectivity index (χ0) is 18.4. The summed E-state index contributed by atoms with van der Waals surface area (Å²) in [6.45, 7) is 3.26. The summed E-state index contributed by atoms with van der Waals surface area (Å²) in [5, 5.41) is 10.1. The predicted octanol–water partition coefficient (Wildman–Crippen LogP) is 3.65. The Morgan fingerprint density at radius 1 is 1.32 bits per heavy atom. The Morgan fingerprint density at radius 2 is 2.00 bits per heavy atom. The molecule has 25 heavy (non-hydrogen) atoms. The predicted molar refractivity (Wildman–Crippen MR) is 97.1 cm³/mol. The number of halogens is 2. The molecule has 0 radical (unpaired) electrons. The first-order valence-corrected chi connectivity index (χ1v) is 9.18. The molecule has 1 amide bonds. The molecule has 0 bridgehead atoms. The van der Waals surface area contributed by atoms with Gasteiger partial charge in [-0.25, -0.2) is 0 Å². The van der Waals surface area contributed by atoms with E-state index in [0.717, 1.165) is 18.4 Å². The number of rotatable bonds is 7. The second-order valence-corrected chi connectivity index (χ2v) is 7.20. The fourth-order valence-corrected chi connectivity index (χ4v) is 3.56. The van der Waals surface area contributed by atoms with Gasteiger partial charge in [-0.1, -0.05) is 36.2 Å². The van der Waals surface area contributed by atoms with Crippen molar-refractivity contribution in [2.24, 2.45) is 5.92 Å². The van der Waals surface area contributed by atoms with E-state index in [1.54, 1.807) is 17.0 Å². The van der Waals surface area contributed by atoms with Crippen molar-refractivity contribution in [2.45, 2.75) is 38.6 Å². The van der Waals surface area contributed by atoms with Gasteiger partial charge in [-0.15, -0.1) is 0 Å². The van der Waals surface area contributed by atoms with Gasteiger partial charge in [0, 0.05) is 41.8 Å². The lowest BCUT2D eigenvalue weighted by Gasteiger charge is -2.35. The van der Waals surface area contributed by atoms with Crippen LogP contribution in [0, 0.1) is 5.92 Å². The summed E-state index contributed by atoms with van der Waals surface area (Å²) in [4.78, 5) is 25.6. The minimum absolute atomic E-state index is 0.0312. The molecular weight excluding hydrogens is 365 g/mol. The molecule has 1 atom stereocenters. The molecule has 0 aliphatic carbocycles. The van der Waals surface area contributed by atoms with Gasteiger partial charge in [-0.2, -0.15) is 0 Å². The molecule has 138 valence electrons. The quantitative estimate of drug-likeness (QED) is 0.774. The molecule has 1 N–H and O–H groups in total. The summed E-state index contributed by atoms with van der Waals surface area (Å²) in [5.74, 6) is -1.24. The Hall–Kier alpha value is -1.30. The molecule has 1 fully saturated rings. The maximum atomic E-state index is 13.0. The molecule has 0 saturated carbocycles. The van der Waals surface area contributed by atoms with E-state index < -0.39 is 5.97 Å². The summed E-state index contributed by atoms with van der Waals surface area (Å²) >= 11 is 12.1. The number of aliphatic carboxylic acids is 1. The van der Waals surface area contributed by atoms with E-state index in [1.807, 2.05) is 13.0 Å². The number of carbonyl (C=O) groups is 2. The molecular formula is C18H23Cl2NO4. The third-order valence-electron chi connectivity index (χ3n) is 4.44. The number of carboxylic acid groups (broad SMARTS) is 1. The van der Waals surface area contributed by atoms with Crippen LogP contribution in [0.4, 0.5) is 0 Å². The van der Waals surface area contributed by atoms with Crippen LogP contribution in [0.15, 0.2) is 18.2 Å². The van der Waals surface area contributed by atoms with Crippen molar-refractivity contribution in [1.29, 1.82) is 0 Å². The maximum absolute atomic E-state index is 13.0. The van der Waals surface area contributed by atoms with Gasteiger partial charge in [0.1, 0.15) is 0 Å². The van der Waals surface area contributed by atoms with Crippen molar-refractivity contribution < 1.29 is 19.4 Å². The minimum Gasteiger partial charge on any atom is -0.481 e. The second kappa shape index (κ2) is 9.41. The number of carboxylic acids is 1. The average Bonchev–Trinajstić information content (AvgIpc) is 2.58. The zero-order valence-corrected chi connectivity index (χ0v) is 15.7. The van der Waals surface area contributed by atoms with Crippen LogP contribution in [0.3, 0.4) is 0 Å². The molecule has 0 aromatic heterocycles. The Morgan fingerprint density at radius 3 is 2.60 bits per heavy atom. The fraction of sp³-hybridized carbons (Fsp3) is 0.556. The van der Waals surface area contributed by atoms with Crippen LogP contribution in [0.25, 0.3) is 0 Å². The van der Waals surface area contributed by atoms with Crippen LogP contribution in [-0.4, -0.2) is 47.7 Å². The fourth-order valence-electron chi connectivity index (χ4n) is 3.07. The van der Waals surface area contributed by atoms with Gasteiger partial charge in [-0.05, 0) is 37.0 Å².